The Morgan fingerprint density at radius 3 is 1.58 bits per heavy atom. The van der Waals surface area contributed by atoms with E-state index in [9.17, 15) is 19.2 Å². The Morgan fingerprint density at radius 1 is 0.641 bits per heavy atom. The lowest BCUT2D eigenvalue weighted by atomic mass is 9.80. The molecule has 0 amide bonds. The molecule has 0 saturated carbocycles. The average Bonchev–Trinajstić information content (AvgIpc) is 4.09. The summed E-state index contributed by atoms with van der Waals surface area (Å²) >= 11 is 0. The molecule has 3 aliphatic heterocycles. The van der Waals surface area contributed by atoms with Gasteiger partial charge in [-0.1, -0.05) is 136 Å². The van der Waals surface area contributed by atoms with Crippen molar-refractivity contribution in [1.29, 1.82) is 0 Å². The van der Waals surface area contributed by atoms with Crippen LogP contribution in [0.4, 0.5) is 0 Å². The monoisotopic (exact) mass is 1100 g/mol. The van der Waals surface area contributed by atoms with Crippen LogP contribution in [0.1, 0.15) is 73.9 Å². The van der Waals surface area contributed by atoms with Crippen LogP contribution in [0.25, 0.3) is 0 Å². The van der Waals surface area contributed by atoms with Crippen molar-refractivity contribution in [3.05, 3.63) is 221 Å². The van der Waals surface area contributed by atoms with E-state index in [0.717, 1.165) is 27.1 Å². The van der Waals surface area contributed by atoms with Crippen molar-refractivity contribution in [2.45, 2.75) is 94.5 Å². The van der Waals surface area contributed by atoms with Crippen molar-refractivity contribution in [2.24, 2.45) is 0 Å². The molecule has 3 fully saturated rings. The second-order valence-corrected chi connectivity index (χ2v) is 26.8. The quantitative estimate of drug-likeness (QED) is 0.0559. The summed E-state index contributed by atoms with van der Waals surface area (Å²) in [5.41, 5.74) is -2.48. The number of hydrogen-bond acceptors (Lipinski definition) is 14. The minimum Gasteiger partial charge on any atom is -0.497 e. The van der Waals surface area contributed by atoms with Crippen LogP contribution in [0.3, 0.4) is 0 Å². The van der Waals surface area contributed by atoms with Crippen molar-refractivity contribution in [3.8, 4) is 11.5 Å². The number of rotatable bonds is 16. The van der Waals surface area contributed by atoms with Crippen LogP contribution in [-0.4, -0.2) is 85.4 Å². The number of phosphoric ester groups is 1. The van der Waals surface area contributed by atoms with E-state index >= 15 is 4.57 Å². The van der Waals surface area contributed by atoms with E-state index in [1.807, 2.05) is 115 Å². The molecular formula is C58H63N4O14PSi. The summed E-state index contributed by atoms with van der Waals surface area (Å²) in [5, 5.41) is 1.49. The van der Waals surface area contributed by atoms with Gasteiger partial charge in [0, 0.05) is 36.4 Å². The number of phosphoric acid groups is 1. The Labute approximate surface area is 451 Å². The summed E-state index contributed by atoms with van der Waals surface area (Å²) in [6.45, 7) is 8.64. The number of nitrogens with zero attached hydrogens (tertiary/aromatic N) is 2. The van der Waals surface area contributed by atoms with Crippen LogP contribution in [0.15, 0.2) is 171 Å². The third-order valence-corrected chi connectivity index (χ3v) is 21.5. The second-order valence-electron chi connectivity index (χ2n) is 20.9. The summed E-state index contributed by atoms with van der Waals surface area (Å²) in [6, 6.07) is 44.7. The maximum atomic E-state index is 15.3. The lowest BCUT2D eigenvalue weighted by molar-refractivity contribution is -0.167. The molecule has 5 aromatic carbocycles. The molecule has 20 heteroatoms. The van der Waals surface area contributed by atoms with Crippen molar-refractivity contribution < 1.29 is 46.2 Å². The molecular weight excluding hydrogens is 1040 g/mol. The van der Waals surface area contributed by atoms with Crippen molar-refractivity contribution in [3.63, 3.8) is 0 Å². The first-order valence-corrected chi connectivity index (χ1v) is 29.1. The van der Waals surface area contributed by atoms with Gasteiger partial charge in [0.2, 0.25) is 0 Å². The fraction of sp³-hybridized carbons (Fsp3) is 0.345. The number of aromatic amines is 2. The molecule has 5 atom stereocenters. The van der Waals surface area contributed by atoms with Gasteiger partial charge in [-0.3, -0.25) is 42.3 Å². The Morgan fingerprint density at radius 2 is 1.10 bits per heavy atom. The van der Waals surface area contributed by atoms with Crippen LogP contribution in [0.2, 0.25) is 5.04 Å². The van der Waals surface area contributed by atoms with Gasteiger partial charge in [0.25, 0.3) is 19.4 Å². The number of nitrogens with one attached hydrogen (secondary N) is 2. The van der Waals surface area contributed by atoms with Crippen LogP contribution in [0.5, 0.6) is 11.5 Å². The van der Waals surface area contributed by atoms with E-state index < -0.39 is 85.6 Å². The number of benzene rings is 5. The number of hydrogen-bond donors (Lipinski definition) is 2. The standard InChI is InChI=1S/C58H63N4O14PSi/c1-38-33-61(54(65)59-52(38)63)50-31-47(48(73-50)35-70-58(40-17-11-8-12-18-40,41-23-27-43(68-6)28-24-41)42-25-29-44(69-7)30-26-42)75-77(67)71-36-57(37-72-77)49(32-51(74-57)62-34-39(2)53(64)60-55(62)66)76-78(56(3,4)5,45-19-13-9-14-20-45)46-21-15-10-16-22-46/h8-30,33-34,47-51H,31-32,35-37H2,1-7H3,(H,59,63,65)(H,60,64,66)/t47-,48+,49-,50+,51+,57?,77?/m0/s1. The highest BCUT2D eigenvalue weighted by molar-refractivity contribution is 7.48. The normalized spacial score (nSPS) is 23.6. The summed E-state index contributed by atoms with van der Waals surface area (Å²) in [7, 11) is -4.75. The van der Waals surface area contributed by atoms with Gasteiger partial charge in [-0.25, -0.2) is 14.2 Å². The molecule has 5 heterocycles. The summed E-state index contributed by atoms with van der Waals surface area (Å²) in [5.74, 6) is 1.26. The van der Waals surface area contributed by atoms with Crippen molar-refractivity contribution >= 4 is 26.5 Å². The first-order valence-electron chi connectivity index (χ1n) is 25.7. The highest BCUT2D eigenvalue weighted by Crippen LogP contribution is 2.59. The fourth-order valence-corrected chi connectivity index (χ4v) is 17.2. The Hall–Kier alpha value is -6.77. The zero-order chi connectivity index (χ0) is 55.0. The van der Waals surface area contributed by atoms with Crippen LogP contribution >= 0.6 is 7.82 Å². The van der Waals surface area contributed by atoms with Gasteiger partial charge in [0.1, 0.15) is 47.4 Å². The number of aromatic nitrogens is 4. The lowest BCUT2D eigenvalue weighted by Gasteiger charge is -2.48. The molecule has 7 aromatic rings. The average molecular weight is 1100 g/mol. The van der Waals surface area contributed by atoms with E-state index in [1.54, 1.807) is 28.1 Å². The van der Waals surface area contributed by atoms with Gasteiger partial charge in [-0.05, 0) is 70.2 Å². The molecule has 10 rings (SSSR count). The van der Waals surface area contributed by atoms with E-state index in [2.05, 4.69) is 55.0 Å². The summed E-state index contributed by atoms with van der Waals surface area (Å²) in [6.07, 6.45) is -2.11. The third kappa shape index (κ3) is 10.3. The van der Waals surface area contributed by atoms with Gasteiger partial charge in [-0.15, -0.1) is 0 Å². The minimum absolute atomic E-state index is 0.0582. The Bertz CT molecular complexity index is 3430. The first kappa shape index (κ1) is 54.6. The first-order chi connectivity index (χ1) is 37.4. The van der Waals surface area contributed by atoms with Gasteiger partial charge in [0.05, 0.1) is 40.1 Å². The highest BCUT2D eigenvalue weighted by Gasteiger charge is 2.61. The van der Waals surface area contributed by atoms with Crippen LogP contribution in [-0.2, 0) is 42.4 Å². The number of aryl methyl sites for hydroxylation is 2. The third-order valence-electron chi connectivity index (χ3n) is 15.0. The highest BCUT2D eigenvalue weighted by atomic mass is 31.2. The smallest absolute Gasteiger partial charge is 0.475 e. The molecule has 2 N–H and O–H groups in total. The van der Waals surface area contributed by atoms with Crippen molar-refractivity contribution in [2.75, 3.05) is 34.0 Å². The topological polar surface area (TPSA) is 210 Å². The van der Waals surface area contributed by atoms with Gasteiger partial charge in [0.15, 0.2) is 0 Å². The van der Waals surface area contributed by atoms with Gasteiger partial charge in [-0.2, -0.15) is 0 Å². The van der Waals surface area contributed by atoms with Crippen LogP contribution in [0, 0.1) is 13.8 Å². The molecule has 408 valence electrons. The molecule has 3 saturated heterocycles. The zero-order valence-electron chi connectivity index (χ0n) is 44.4. The molecule has 2 aromatic heterocycles. The number of ether oxygens (including phenoxy) is 5. The maximum absolute atomic E-state index is 15.3. The molecule has 0 radical (unpaired) electrons. The molecule has 3 aliphatic rings. The summed E-state index contributed by atoms with van der Waals surface area (Å²) in [4.78, 5) is 57.0. The number of methoxy groups -OCH3 is 2. The Kier molecular flexibility index (Phi) is 15.3. The van der Waals surface area contributed by atoms with E-state index in [0.29, 0.717) is 17.1 Å². The second kappa shape index (κ2) is 21.8. The largest absolute Gasteiger partial charge is 0.497 e. The van der Waals surface area contributed by atoms with Gasteiger partial charge >= 0.3 is 19.2 Å². The van der Waals surface area contributed by atoms with E-state index in [-0.39, 0.29) is 38.2 Å². The van der Waals surface area contributed by atoms with Crippen molar-refractivity contribution in [1.82, 2.24) is 19.1 Å². The predicted octanol–water partition coefficient (Wildman–Crippen LogP) is 7.16. The maximum Gasteiger partial charge on any atom is 0.475 e. The lowest BCUT2D eigenvalue weighted by Crippen LogP contribution is -2.69. The van der Waals surface area contributed by atoms with E-state index in [4.69, 9.17) is 41.7 Å². The number of H-pyrrole nitrogens is 2. The molecule has 18 nitrogen and oxygen atoms in total. The fourth-order valence-electron chi connectivity index (χ4n) is 11.0. The molecule has 78 heavy (non-hydrogen) atoms. The molecule has 0 aliphatic carbocycles. The van der Waals surface area contributed by atoms with E-state index in [1.165, 1.54) is 21.5 Å². The summed E-state index contributed by atoms with van der Waals surface area (Å²) < 4.78 is 76.8. The molecule has 1 spiro atoms. The Balaban J connectivity index is 1.01. The minimum atomic E-state index is -4.57. The molecule has 0 unspecified atom stereocenters. The zero-order valence-corrected chi connectivity index (χ0v) is 46.3. The molecule has 0 bridgehead atoms. The van der Waals surface area contributed by atoms with Gasteiger partial charge < -0.3 is 28.1 Å². The van der Waals surface area contributed by atoms with Crippen LogP contribution < -0.4 is 42.3 Å². The predicted molar refractivity (Wildman–Crippen MR) is 293 cm³/mol. The SMILES string of the molecule is COc1ccc(C(OC[C@H]2O[C@@H](n3cc(C)c(=O)[nH]c3=O)C[C@@H]2OP2(=O)OCC3(CO2)O[C@@H](n2cc(C)c(=O)[nH]c2=O)C[C@@H]3O[Si](c2ccccc2)(c2ccccc2)C(C)(C)C)(c2ccccc2)c2ccc(OC)cc2)cc1.